The minimum absolute atomic E-state index is 0.382. The average molecular weight is 175 g/mol. The van der Waals surface area contributed by atoms with Crippen LogP contribution in [0.2, 0.25) is 0 Å². The molecule has 4 nitrogen and oxygen atoms in total. The van der Waals surface area contributed by atoms with E-state index in [0.29, 0.717) is 11.4 Å². The quantitative estimate of drug-likeness (QED) is 0.561. The highest BCUT2D eigenvalue weighted by Crippen LogP contribution is 2.20. The number of primary amides is 1. The van der Waals surface area contributed by atoms with Crippen molar-refractivity contribution in [1.29, 1.82) is 0 Å². The Morgan fingerprint density at radius 2 is 2.15 bits per heavy atom. The lowest BCUT2D eigenvalue weighted by atomic mass is 10.2. The normalized spacial score (nSPS) is 10.5. The second kappa shape index (κ2) is 2.52. The number of rotatable bonds is 1. The summed E-state index contributed by atoms with van der Waals surface area (Å²) in [6.07, 6.45) is 0. The second-order valence-corrected chi connectivity index (χ2v) is 2.86. The lowest BCUT2D eigenvalue weighted by molar-refractivity contribution is 0.0996. The van der Waals surface area contributed by atoms with E-state index in [2.05, 4.69) is 4.98 Å². The van der Waals surface area contributed by atoms with Crippen LogP contribution in [0.3, 0.4) is 0 Å². The van der Waals surface area contributed by atoms with Gasteiger partial charge in [-0.3, -0.25) is 4.79 Å². The molecule has 66 valence electrons. The number of carbonyl (C=O) groups is 1. The first-order valence-electron chi connectivity index (χ1n) is 3.85. The molecule has 0 aliphatic rings. The van der Waals surface area contributed by atoms with Crippen LogP contribution in [-0.2, 0) is 0 Å². The van der Waals surface area contributed by atoms with Crippen LogP contribution < -0.4 is 11.5 Å². The zero-order chi connectivity index (χ0) is 9.42. The maximum Gasteiger partial charge on any atom is 0.265 e. The number of hydrogen-bond acceptors (Lipinski definition) is 2. The molecule has 4 heteroatoms. The molecule has 0 saturated heterocycles. The standard InChI is InChI=1S/C9H9N3O/c10-6-3-1-2-5-4-7(9(11)13)12-8(5)6/h1-4,12H,10H2,(H2,11,13). The summed E-state index contributed by atoms with van der Waals surface area (Å²) < 4.78 is 0. The van der Waals surface area contributed by atoms with E-state index >= 15 is 0 Å². The van der Waals surface area contributed by atoms with E-state index in [1.54, 1.807) is 12.1 Å². The monoisotopic (exact) mass is 175 g/mol. The summed E-state index contributed by atoms with van der Waals surface area (Å²) in [5.41, 5.74) is 12.6. The number of aromatic nitrogens is 1. The minimum atomic E-state index is -0.476. The maximum atomic E-state index is 10.8. The molecule has 13 heavy (non-hydrogen) atoms. The van der Waals surface area contributed by atoms with Crippen molar-refractivity contribution in [3.05, 3.63) is 30.0 Å². The first kappa shape index (κ1) is 7.67. The number of nitrogen functional groups attached to an aromatic ring is 1. The Hall–Kier alpha value is -1.97. The predicted octanol–water partition coefficient (Wildman–Crippen LogP) is 0.849. The first-order chi connectivity index (χ1) is 6.18. The first-order valence-corrected chi connectivity index (χ1v) is 3.85. The van der Waals surface area contributed by atoms with Crippen LogP contribution >= 0.6 is 0 Å². The van der Waals surface area contributed by atoms with Gasteiger partial charge >= 0.3 is 0 Å². The van der Waals surface area contributed by atoms with Crippen molar-refractivity contribution in [1.82, 2.24) is 4.98 Å². The number of amides is 1. The van der Waals surface area contributed by atoms with Crippen LogP contribution in [0, 0.1) is 0 Å². The Balaban J connectivity index is 2.75. The Labute approximate surface area is 74.5 Å². The molecule has 0 spiro atoms. The van der Waals surface area contributed by atoms with Crippen molar-refractivity contribution >= 4 is 22.5 Å². The molecule has 0 radical (unpaired) electrons. The molecule has 0 aliphatic carbocycles. The van der Waals surface area contributed by atoms with Crippen molar-refractivity contribution in [2.45, 2.75) is 0 Å². The molecule has 1 aromatic carbocycles. The molecule has 5 N–H and O–H groups in total. The minimum Gasteiger partial charge on any atom is -0.397 e. The fourth-order valence-corrected chi connectivity index (χ4v) is 1.31. The van der Waals surface area contributed by atoms with E-state index in [4.69, 9.17) is 11.5 Å². The second-order valence-electron chi connectivity index (χ2n) is 2.86. The molecule has 0 aliphatic heterocycles. The number of hydrogen-bond donors (Lipinski definition) is 3. The molecule has 0 atom stereocenters. The van der Waals surface area contributed by atoms with Gasteiger partial charge in [0.1, 0.15) is 5.69 Å². The summed E-state index contributed by atoms with van der Waals surface area (Å²) >= 11 is 0. The molecule has 0 fully saturated rings. The highest BCUT2D eigenvalue weighted by Gasteiger charge is 2.06. The van der Waals surface area contributed by atoms with Gasteiger partial charge in [0.25, 0.3) is 5.91 Å². The summed E-state index contributed by atoms with van der Waals surface area (Å²) in [4.78, 5) is 13.7. The van der Waals surface area contributed by atoms with E-state index in [1.807, 2.05) is 12.1 Å². The molecule has 0 bridgehead atoms. The molecule has 1 amide bonds. The lowest BCUT2D eigenvalue weighted by Crippen LogP contribution is -2.10. The van der Waals surface area contributed by atoms with Crippen LogP contribution in [0.15, 0.2) is 24.3 Å². The van der Waals surface area contributed by atoms with E-state index in [0.717, 1.165) is 10.9 Å². The Morgan fingerprint density at radius 1 is 1.38 bits per heavy atom. The van der Waals surface area contributed by atoms with E-state index in [1.165, 1.54) is 0 Å². The number of H-pyrrole nitrogens is 1. The largest absolute Gasteiger partial charge is 0.397 e. The molecular formula is C9H9N3O. The van der Waals surface area contributed by atoms with Crippen LogP contribution in [0.25, 0.3) is 10.9 Å². The van der Waals surface area contributed by atoms with Gasteiger partial charge in [-0.25, -0.2) is 0 Å². The number of aromatic amines is 1. The van der Waals surface area contributed by atoms with E-state index < -0.39 is 5.91 Å². The SMILES string of the molecule is NC(=O)c1cc2cccc(N)c2[nH]1. The lowest BCUT2D eigenvalue weighted by Gasteiger charge is -1.93. The number of anilines is 1. The molecule has 1 aromatic heterocycles. The third-order valence-electron chi connectivity index (χ3n) is 1.95. The summed E-state index contributed by atoms with van der Waals surface area (Å²) in [6.45, 7) is 0. The molecular weight excluding hydrogens is 166 g/mol. The number of benzene rings is 1. The van der Waals surface area contributed by atoms with Gasteiger partial charge < -0.3 is 16.5 Å². The number of fused-ring (bicyclic) bond motifs is 1. The fraction of sp³-hybridized carbons (Fsp3) is 0. The molecule has 0 saturated carbocycles. The molecule has 2 rings (SSSR count). The van der Waals surface area contributed by atoms with Gasteiger partial charge in [0.05, 0.1) is 11.2 Å². The highest BCUT2D eigenvalue weighted by molar-refractivity contribution is 6.00. The Kier molecular flexibility index (Phi) is 1.48. The zero-order valence-corrected chi connectivity index (χ0v) is 6.87. The number of nitrogens with two attached hydrogens (primary N) is 2. The van der Waals surface area contributed by atoms with Gasteiger partial charge in [0.2, 0.25) is 0 Å². The van der Waals surface area contributed by atoms with E-state index in [-0.39, 0.29) is 0 Å². The number of nitrogens with one attached hydrogen (secondary N) is 1. The van der Waals surface area contributed by atoms with Gasteiger partial charge in [-0.15, -0.1) is 0 Å². The summed E-state index contributed by atoms with van der Waals surface area (Å²) in [5.74, 6) is -0.476. The summed E-state index contributed by atoms with van der Waals surface area (Å²) in [6, 6.07) is 7.16. The van der Waals surface area contributed by atoms with Crippen LogP contribution in [0.1, 0.15) is 10.5 Å². The van der Waals surface area contributed by atoms with Crippen molar-refractivity contribution in [3.8, 4) is 0 Å². The Bertz CT molecular complexity index is 473. The Morgan fingerprint density at radius 3 is 2.77 bits per heavy atom. The molecule has 0 unspecified atom stereocenters. The highest BCUT2D eigenvalue weighted by atomic mass is 16.1. The third kappa shape index (κ3) is 1.12. The van der Waals surface area contributed by atoms with Crippen molar-refractivity contribution < 1.29 is 4.79 Å². The van der Waals surface area contributed by atoms with Crippen molar-refractivity contribution in [2.24, 2.45) is 5.73 Å². The van der Waals surface area contributed by atoms with Gasteiger partial charge in [-0.1, -0.05) is 12.1 Å². The van der Waals surface area contributed by atoms with Crippen molar-refractivity contribution in [3.63, 3.8) is 0 Å². The van der Waals surface area contributed by atoms with Gasteiger partial charge in [0.15, 0.2) is 0 Å². The van der Waals surface area contributed by atoms with Gasteiger partial charge in [-0.2, -0.15) is 0 Å². The van der Waals surface area contributed by atoms with Gasteiger partial charge in [0, 0.05) is 5.39 Å². The zero-order valence-electron chi connectivity index (χ0n) is 6.87. The number of para-hydroxylation sites is 1. The van der Waals surface area contributed by atoms with Crippen LogP contribution in [0.5, 0.6) is 0 Å². The average Bonchev–Trinajstić information content (AvgIpc) is 2.49. The van der Waals surface area contributed by atoms with Gasteiger partial charge in [-0.05, 0) is 12.1 Å². The molecule has 2 aromatic rings. The summed E-state index contributed by atoms with van der Waals surface area (Å²) in [5, 5.41) is 0.897. The maximum absolute atomic E-state index is 10.8. The smallest absolute Gasteiger partial charge is 0.265 e. The fourth-order valence-electron chi connectivity index (χ4n) is 1.31. The predicted molar refractivity (Wildman–Crippen MR) is 51.2 cm³/mol. The third-order valence-corrected chi connectivity index (χ3v) is 1.95. The van der Waals surface area contributed by atoms with Crippen molar-refractivity contribution in [2.75, 3.05) is 5.73 Å². The van der Waals surface area contributed by atoms with Crippen LogP contribution in [-0.4, -0.2) is 10.9 Å². The molecule has 1 heterocycles. The van der Waals surface area contributed by atoms with E-state index in [9.17, 15) is 4.79 Å². The topological polar surface area (TPSA) is 84.9 Å². The number of carbonyl (C=O) groups excluding carboxylic acids is 1. The summed E-state index contributed by atoms with van der Waals surface area (Å²) in [7, 11) is 0. The van der Waals surface area contributed by atoms with Crippen LogP contribution in [0.4, 0.5) is 5.69 Å².